The van der Waals surface area contributed by atoms with E-state index in [1.165, 1.54) is 0 Å². The molecule has 160 valence electrons. The zero-order chi connectivity index (χ0) is 21.7. The maximum atomic E-state index is 12.5. The average Bonchev–Trinajstić information content (AvgIpc) is 2.73. The van der Waals surface area contributed by atoms with Gasteiger partial charge in [-0.3, -0.25) is 9.59 Å². The first-order valence-electron chi connectivity index (χ1n) is 10.1. The van der Waals surface area contributed by atoms with Crippen molar-refractivity contribution in [3.05, 3.63) is 53.1 Å². The molecule has 1 fully saturated rings. The number of hydrogen-bond acceptors (Lipinski definition) is 4. The Hall–Kier alpha value is -2.73. The Morgan fingerprint density at radius 2 is 1.83 bits per heavy atom. The number of ether oxygens (including phenoxy) is 1. The van der Waals surface area contributed by atoms with E-state index in [9.17, 15) is 9.59 Å². The summed E-state index contributed by atoms with van der Waals surface area (Å²) >= 11 is 6.51. The number of benzene rings is 2. The predicted molar refractivity (Wildman–Crippen MR) is 121 cm³/mol. The first-order chi connectivity index (χ1) is 14.4. The summed E-state index contributed by atoms with van der Waals surface area (Å²) < 4.78 is 5.17. The summed E-state index contributed by atoms with van der Waals surface area (Å²) in [4.78, 5) is 28.9. The van der Waals surface area contributed by atoms with Gasteiger partial charge >= 0.3 is 0 Å². The second-order valence-electron chi connectivity index (χ2n) is 7.82. The highest BCUT2D eigenvalue weighted by Crippen LogP contribution is 2.30. The number of anilines is 2. The fourth-order valence-corrected chi connectivity index (χ4v) is 3.78. The van der Waals surface area contributed by atoms with Crippen molar-refractivity contribution in [2.75, 3.05) is 43.5 Å². The van der Waals surface area contributed by atoms with Gasteiger partial charge in [-0.15, -0.1) is 0 Å². The van der Waals surface area contributed by atoms with Crippen molar-refractivity contribution < 1.29 is 14.3 Å². The molecule has 0 bridgehead atoms. The third kappa shape index (κ3) is 5.45. The molecule has 2 aromatic carbocycles. The van der Waals surface area contributed by atoms with Crippen LogP contribution in [0.3, 0.4) is 0 Å². The lowest BCUT2D eigenvalue weighted by Crippen LogP contribution is -2.49. The van der Waals surface area contributed by atoms with Gasteiger partial charge in [-0.05, 0) is 42.3 Å². The number of carbonyl (C=O) groups excluding carboxylic acids is 2. The van der Waals surface area contributed by atoms with Gasteiger partial charge in [-0.1, -0.05) is 31.5 Å². The highest BCUT2D eigenvalue weighted by Gasteiger charge is 2.23. The van der Waals surface area contributed by atoms with E-state index >= 15 is 0 Å². The molecule has 30 heavy (non-hydrogen) atoms. The zero-order valence-electron chi connectivity index (χ0n) is 17.7. The molecule has 1 heterocycles. The highest BCUT2D eigenvalue weighted by molar-refractivity contribution is 6.33. The molecule has 0 unspecified atom stereocenters. The van der Waals surface area contributed by atoms with Gasteiger partial charge in [-0.25, -0.2) is 0 Å². The minimum atomic E-state index is -0.227. The molecular formula is C23H28ClN3O3. The molecule has 0 spiro atoms. The van der Waals surface area contributed by atoms with E-state index in [2.05, 4.69) is 24.1 Å². The van der Waals surface area contributed by atoms with Crippen molar-refractivity contribution >= 4 is 34.8 Å². The van der Waals surface area contributed by atoms with Crippen molar-refractivity contribution in [3.8, 4) is 5.75 Å². The molecule has 0 aliphatic carbocycles. The fourth-order valence-electron chi connectivity index (χ4n) is 3.48. The summed E-state index contributed by atoms with van der Waals surface area (Å²) in [6, 6.07) is 12.5. The number of carbonyl (C=O) groups is 2. The van der Waals surface area contributed by atoms with Crippen LogP contribution in [0.25, 0.3) is 0 Å². The highest BCUT2D eigenvalue weighted by atomic mass is 35.5. The first-order valence-corrected chi connectivity index (χ1v) is 10.5. The number of piperazine rings is 1. The summed E-state index contributed by atoms with van der Waals surface area (Å²) in [6.45, 7) is 6.97. The zero-order valence-corrected chi connectivity index (χ0v) is 18.4. The Balaban J connectivity index is 1.62. The Morgan fingerprint density at radius 1 is 1.10 bits per heavy atom. The smallest absolute Gasteiger partial charge is 0.255 e. The van der Waals surface area contributed by atoms with E-state index in [0.717, 1.165) is 18.8 Å². The lowest BCUT2D eigenvalue weighted by atomic mass is 10.1. The van der Waals surface area contributed by atoms with Gasteiger partial charge in [0.15, 0.2) is 0 Å². The monoisotopic (exact) mass is 429 g/mol. The van der Waals surface area contributed by atoms with Gasteiger partial charge in [0.1, 0.15) is 5.75 Å². The second-order valence-corrected chi connectivity index (χ2v) is 8.23. The molecule has 7 heteroatoms. The maximum absolute atomic E-state index is 12.5. The van der Waals surface area contributed by atoms with Gasteiger partial charge in [0.2, 0.25) is 5.91 Å². The average molecular weight is 430 g/mol. The van der Waals surface area contributed by atoms with Gasteiger partial charge in [0.05, 0.1) is 17.8 Å². The molecule has 1 saturated heterocycles. The molecule has 1 N–H and O–H groups in total. The van der Waals surface area contributed by atoms with Crippen LogP contribution in [0.5, 0.6) is 5.75 Å². The summed E-state index contributed by atoms with van der Waals surface area (Å²) in [7, 11) is 1.57. The third-order valence-electron chi connectivity index (χ3n) is 5.09. The molecule has 0 aromatic heterocycles. The van der Waals surface area contributed by atoms with E-state index in [-0.39, 0.29) is 11.8 Å². The number of nitrogens with one attached hydrogen (secondary N) is 1. The van der Waals surface area contributed by atoms with Crippen LogP contribution >= 0.6 is 11.6 Å². The van der Waals surface area contributed by atoms with Gasteiger partial charge < -0.3 is 19.9 Å². The van der Waals surface area contributed by atoms with Crippen molar-refractivity contribution in [3.63, 3.8) is 0 Å². The Kier molecular flexibility index (Phi) is 7.21. The van der Waals surface area contributed by atoms with Crippen molar-refractivity contribution in [2.45, 2.75) is 20.3 Å². The molecule has 3 rings (SSSR count). The SMILES string of the molecule is COc1cccc(C(=O)Nc2ccc(N3CCN(C(=O)CC(C)C)CC3)c(Cl)c2)c1. The lowest BCUT2D eigenvalue weighted by Gasteiger charge is -2.36. The quantitative estimate of drug-likeness (QED) is 0.743. The molecule has 0 atom stereocenters. The standard InChI is InChI=1S/C23H28ClN3O3/c1-16(2)13-22(28)27-11-9-26(10-12-27)21-8-7-18(15-20(21)24)25-23(29)17-5-4-6-19(14-17)30-3/h4-8,14-16H,9-13H2,1-3H3,(H,25,29). The largest absolute Gasteiger partial charge is 0.497 e. The van der Waals surface area contributed by atoms with Crippen LogP contribution in [0.4, 0.5) is 11.4 Å². The van der Waals surface area contributed by atoms with E-state index in [4.69, 9.17) is 16.3 Å². The Morgan fingerprint density at radius 3 is 2.47 bits per heavy atom. The van der Waals surface area contributed by atoms with E-state index in [0.29, 0.717) is 47.5 Å². The third-order valence-corrected chi connectivity index (χ3v) is 5.40. The van der Waals surface area contributed by atoms with Crippen LogP contribution in [0.2, 0.25) is 5.02 Å². The van der Waals surface area contributed by atoms with Gasteiger partial charge in [0.25, 0.3) is 5.91 Å². The lowest BCUT2D eigenvalue weighted by molar-refractivity contribution is -0.132. The minimum Gasteiger partial charge on any atom is -0.497 e. The summed E-state index contributed by atoms with van der Waals surface area (Å²) in [5.41, 5.74) is 2.05. The number of hydrogen-bond donors (Lipinski definition) is 1. The molecule has 6 nitrogen and oxygen atoms in total. The van der Waals surface area contributed by atoms with Crippen LogP contribution in [0.1, 0.15) is 30.6 Å². The minimum absolute atomic E-state index is 0.214. The van der Waals surface area contributed by atoms with Crippen LogP contribution < -0.4 is 15.0 Å². The molecule has 1 aliphatic heterocycles. The molecule has 1 aliphatic rings. The van der Waals surface area contributed by atoms with Crippen LogP contribution in [0.15, 0.2) is 42.5 Å². The summed E-state index contributed by atoms with van der Waals surface area (Å²) in [6.07, 6.45) is 0.586. The first kappa shape index (κ1) is 22.0. The topological polar surface area (TPSA) is 61.9 Å². The number of halogens is 1. The summed E-state index contributed by atoms with van der Waals surface area (Å²) in [5, 5.41) is 3.44. The maximum Gasteiger partial charge on any atom is 0.255 e. The molecular weight excluding hydrogens is 402 g/mol. The molecule has 0 radical (unpaired) electrons. The normalized spacial score (nSPS) is 14.0. The van der Waals surface area contributed by atoms with Gasteiger partial charge in [-0.2, -0.15) is 0 Å². The van der Waals surface area contributed by atoms with Crippen LogP contribution in [-0.4, -0.2) is 50.0 Å². The van der Waals surface area contributed by atoms with Crippen molar-refractivity contribution in [2.24, 2.45) is 5.92 Å². The Bertz CT molecular complexity index is 908. The van der Waals surface area contributed by atoms with Crippen LogP contribution in [-0.2, 0) is 4.79 Å². The predicted octanol–water partition coefficient (Wildman–Crippen LogP) is 4.30. The number of methoxy groups -OCH3 is 1. The molecule has 2 amide bonds. The number of rotatable bonds is 6. The van der Waals surface area contributed by atoms with E-state index < -0.39 is 0 Å². The second kappa shape index (κ2) is 9.85. The van der Waals surface area contributed by atoms with E-state index in [1.54, 1.807) is 37.4 Å². The van der Waals surface area contributed by atoms with Crippen LogP contribution in [0, 0.1) is 5.92 Å². The molecule has 0 saturated carbocycles. The van der Waals surface area contributed by atoms with Gasteiger partial charge in [0, 0.05) is 43.9 Å². The summed E-state index contributed by atoms with van der Waals surface area (Å²) in [5.74, 6) is 0.980. The number of amides is 2. The fraction of sp³-hybridized carbons (Fsp3) is 0.391. The van der Waals surface area contributed by atoms with E-state index in [1.807, 2.05) is 17.0 Å². The number of nitrogens with zero attached hydrogens (tertiary/aromatic N) is 2. The van der Waals surface area contributed by atoms with Crippen molar-refractivity contribution in [1.29, 1.82) is 0 Å². The Labute approximate surface area is 182 Å². The molecule has 2 aromatic rings. The van der Waals surface area contributed by atoms with Crippen molar-refractivity contribution in [1.82, 2.24) is 4.90 Å².